The van der Waals surface area contributed by atoms with Crippen molar-refractivity contribution < 1.29 is 18.3 Å². The molecule has 0 aliphatic carbocycles. The number of alkyl halides is 2. The summed E-state index contributed by atoms with van der Waals surface area (Å²) in [6.07, 6.45) is -3.09. The Balaban J connectivity index is 1.26. The molecule has 10 nitrogen and oxygen atoms in total. The zero-order valence-corrected chi connectivity index (χ0v) is 17.7. The number of halogens is 2. The lowest BCUT2D eigenvalue weighted by atomic mass is 9.93. The van der Waals surface area contributed by atoms with Gasteiger partial charge in [0.1, 0.15) is 12.3 Å². The number of piperidine rings is 1. The summed E-state index contributed by atoms with van der Waals surface area (Å²) in [4.78, 5) is 17.8. The third-order valence-electron chi connectivity index (χ3n) is 7.33. The van der Waals surface area contributed by atoms with Crippen molar-refractivity contribution in [2.24, 2.45) is 11.7 Å². The number of carbonyl (C=O) groups is 1. The maximum Gasteiger partial charge on any atom is 0.229 e. The van der Waals surface area contributed by atoms with Crippen molar-refractivity contribution in [2.45, 2.75) is 42.8 Å². The van der Waals surface area contributed by atoms with Gasteiger partial charge in [-0.1, -0.05) is 0 Å². The molecule has 0 radical (unpaired) electrons. The number of nitrogens with one attached hydrogen (secondary N) is 4. The van der Waals surface area contributed by atoms with Gasteiger partial charge in [-0.2, -0.15) is 0 Å². The zero-order valence-electron chi connectivity index (χ0n) is 17.7. The summed E-state index contributed by atoms with van der Waals surface area (Å²) in [7, 11) is 0. The molecule has 6 N–H and O–H groups in total. The molecule has 12 heteroatoms. The van der Waals surface area contributed by atoms with Crippen LogP contribution in [0.3, 0.4) is 0 Å². The quantitative estimate of drug-likeness (QED) is 0.307. The van der Waals surface area contributed by atoms with E-state index in [4.69, 9.17) is 10.5 Å². The zero-order chi connectivity index (χ0) is 21.5. The van der Waals surface area contributed by atoms with Crippen LogP contribution in [0.1, 0.15) is 0 Å². The van der Waals surface area contributed by atoms with E-state index in [0.29, 0.717) is 13.2 Å². The average Bonchev–Trinajstić information content (AvgIpc) is 3.08. The number of amides is 1. The third-order valence-corrected chi connectivity index (χ3v) is 7.33. The molecule has 5 saturated heterocycles. The van der Waals surface area contributed by atoms with Crippen LogP contribution in [0, 0.1) is 5.92 Å². The molecule has 0 aromatic heterocycles. The lowest BCUT2D eigenvalue weighted by Crippen LogP contribution is -2.70. The molecule has 1 amide bonds. The second-order valence-electron chi connectivity index (χ2n) is 9.32. The average molecular weight is 445 g/mol. The van der Waals surface area contributed by atoms with Crippen molar-refractivity contribution in [1.82, 2.24) is 36.2 Å². The molecular formula is C19H34F2N8O2. The van der Waals surface area contributed by atoms with E-state index >= 15 is 4.39 Å². The van der Waals surface area contributed by atoms with Crippen molar-refractivity contribution in [1.29, 1.82) is 0 Å². The molecule has 0 spiro atoms. The normalized spacial score (nSPS) is 45.1. The van der Waals surface area contributed by atoms with Gasteiger partial charge < -0.3 is 21.1 Å². The van der Waals surface area contributed by atoms with Crippen LogP contribution in [-0.2, 0) is 9.53 Å². The topological polar surface area (TPSA) is 110 Å². The highest BCUT2D eigenvalue weighted by atomic mass is 19.1. The van der Waals surface area contributed by atoms with Crippen LogP contribution in [0.2, 0.25) is 0 Å². The molecule has 5 fully saturated rings. The monoisotopic (exact) mass is 444 g/mol. The maximum absolute atomic E-state index is 15.1. The first-order valence-corrected chi connectivity index (χ1v) is 11.4. The van der Waals surface area contributed by atoms with Crippen LogP contribution in [0.5, 0.6) is 0 Å². The molecule has 176 valence electrons. The molecule has 5 aliphatic rings. The van der Waals surface area contributed by atoms with E-state index < -0.39 is 30.5 Å². The predicted octanol–water partition coefficient (Wildman–Crippen LogP) is -3.21. The van der Waals surface area contributed by atoms with E-state index in [1.165, 1.54) is 0 Å². The summed E-state index contributed by atoms with van der Waals surface area (Å²) in [5, 5.41) is 10.9. The Morgan fingerprint density at radius 1 is 1.10 bits per heavy atom. The van der Waals surface area contributed by atoms with Gasteiger partial charge in [-0.25, -0.2) is 19.2 Å². The molecule has 31 heavy (non-hydrogen) atoms. The van der Waals surface area contributed by atoms with Crippen LogP contribution in [0.4, 0.5) is 8.78 Å². The van der Waals surface area contributed by atoms with Crippen molar-refractivity contribution in [2.75, 3.05) is 65.6 Å². The van der Waals surface area contributed by atoms with Gasteiger partial charge in [0.05, 0.1) is 43.5 Å². The van der Waals surface area contributed by atoms with Crippen LogP contribution >= 0.6 is 0 Å². The van der Waals surface area contributed by atoms with E-state index in [1.807, 2.05) is 0 Å². The number of carbonyl (C=O) groups excluding carboxylic acids is 1. The highest BCUT2D eigenvalue weighted by Gasteiger charge is 2.49. The van der Waals surface area contributed by atoms with Crippen molar-refractivity contribution in [3.8, 4) is 0 Å². The number of hydrogen-bond donors (Lipinski definition) is 5. The van der Waals surface area contributed by atoms with E-state index in [1.54, 1.807) is 5.01 Å². The van der Waals surface area contributed by atoms with Crippen molar-refractivity contribution in [3.63, 3.8) is 0 Å². The van der Waals surface area contributed by atoms with Crippen LogP contribution in [0.15, 0.2) is 0 Å². The van der Waals surface area contributed by atoms with E-state index in [-0.39, 0.29) is 43.8 Å². The van der Waals surface area contributed by atoms with Crippen LogP contribution in [0.25, 0.3) is 0 Å². The Morgan fingerprint density at radius 3 is 2.81 bits per heavy atom. The lowest BCUT2D eigenvalue weighted by molar-refractivity contribution is -0.129. The lowest BCUT2D eigenvalue weighted by Gasteiger charge is -2.49. The molecule has 0 bridgehead atoms. The highest BCUT2D eigenvalue weighted by molar-refractivity contribution is 5.81. The molecular weight excluding hydrogens is 410 g/mol. The predicted molar refractivity (Wildman–Crippen MR) is 109 cm³/mol. The first-order chi connectivity index (χ1) is 15.0. The molecule has 0 aromatic carbocycles. The number of nitrogens with zero attached hydrogens (tertiary/aromatic N) is 3. The first kappa shape index (κ1) is 21.8. The SMILES string of the molecule is NC1NN2CC(F)CNC2C1C(=O)NC1CNCC(F)C1N1CCN2CCOC[C@@H]2C1. The minimum atomic E-state index is -1.08. The van der Waals surface area contributed by atoms with Crippen LogP contribution < -0.4 is 27.1 Å². The standard InChI is InChI=1S/C19H34F2N8O2/c20-11-5-24-18-15(17(22)26-29(18)8-11)19(30)25-14-7-23-6-13(21)16(14)28-2-1-27-3-4-31-10-12(27)9-28/h11-18,23-24,26H,1-10,22H2,(H,25,30)/t11?,12-,13?,14?,15?,16?,17?,18?/m0/s1. The summed E-state index contributed by atoms with van der Waals surface area (Å²) in [5.74, 6) is -0.820. The number of rotatable bonds is 3. The van der Waals surface area contributed by atoms with Gasteiger partial charge in [-0.3, -0.25) is 19.9 Å². The number of ether oxygens (including phenoxy) is 1. The number of nitrogens with two attached hydrogens (primary N) is 1. The van der Waals surface area contributed by atoms with Crippen molar-refractivity contribution in [3.05, 3.63) is 0 Å². The fourth-order valence-electron chi connectivity index (χ4n) is 5.79. The number of hydrogen-bond acceptors (Lipinski definition) is 9. The fourth-order valence-corrected chi connectivity index (χ4v) is 5.79. The van der Waals surface area contributed by atoms with E-state index in [2.05, 4.69) is 31.2 Å². The van der Waals surface area contributed by atoms with Gasteiger partial charge >= 0.3 is 0 Å². The Hall–Kier alpha value is -0.990. The Labute approximate surface area is 181 Å². The Morgan fingerprint density at radius 2 is 1.94 bits per heavy atom. The summed E-state index contributed by atoms with van der Waals surface area (Å²) >= 11 is 0. The van der Waals surface area contributed by atoms with Gasteiger partial charge in [-0.15, -0.1) is 0 Å². The second-order valence-corrected chi connectivity index (χ2v) is 9.32. The fraction of sp³-hybridized carbons (Fsp3) is 0.947. The Bertz CT molecular complexity index is 662. The highest BCUT2D eigenvalue weighted by Crippen LogP contribution is 2.25. The molecule has 8 atom stereocenters. The summed E-state index contributed by atoms with van der Waals surface area (Å²) < 4.78 is 34.5. The molecule has 7 unspecified atom stereocenters. The van der Waals surface area contributed by atoms with Crippen molar-refractivity contribution >= 4 is 5.91 Å². The van der Waals surface area contributed by atoms with E-state index in [9.17, 15) is 9.18 Å². The maximum atomic E-state index is 15.1. The van der Waals surface area contributed by atoms with Gasteiger partial charge in [0, 0.05) is 58.4 Å². The number of morpholine rings is 1. The Kier molecular flexibility index (Phi) is 6.41. The van der Waals surface area contributed by atoms with Crippen LogP contribution in [-0.4, -0.2) is 129 Å². The molecule has 0 aromatic rings. The second kappa shape index (κ2) is 9.10. The largest absolute Gasteiger partial charge is 0.378 e. The minimum absolute atomic E-state index is 0.184. The smallest absolute Gasteiger partial charge is 0.229 e. The van der Waals surface area contributed by atoms with Gasteiger partial charge in [-0.05, 0) is 0 Å². The van der Waals surface area contributed by atoms with Gasteiger partial charge in [0.2, 0.25) is 5.91 Å². The summed E-state index contributed by atoms with van der Waals surface area (Å²) in [5.41, 5.74) is 9.17. The van der Waals surface area contributed by atoms with E-state index in [0.717, 1.165) is 32.8 Å². The molecule has 5 rings (SSSR count). The number of fused-ring (bicyclic) bond motifs is 2. The van der Waals surface area contributed by atoms with Gasteiger partial charge in [0.15, 0.2) is 0 Å². The first-order valence-electron chi connectivity index (χ1n) is 11.4. The number of piperazine rings is 1. The third kappa shape index (κ3) is 4.32. The summed E-state index contributed by atoms with van der Waals surface area (Å²) in [6.45, 7) is 5.87. The number of hydrazine groups is 1. The molecule has 5 aliphatic heterocycles. The summed E-state index contributed by atoms with van der Waals surface area (Å²) in [6, 6.07) is -0.501. The molecule has 0 saturated carbocycles. The minimum Gasteiger partial charge on any atom is -0.378 e. The van der Waals surface area contributed by atoms with Gasteiger partial charge in [0.25, 0.3) is 0 Å². The molecule has 5 heterocycles.